The van der Waals surface area contributed by atoms with Gasteiger partial charge < -0.3 is 15.5 Å². The maximum absolute atomic E-state index is 13.2. The van der Waals surface area contributed by atoms with E-state index in [4.69, 9.17) is 0 Å². The Bertz CT molecular complexity index is 979. The summed E-state index contributed by atoms with van der Waals surface area (Å²) in [5.41, 5.74) is 2.47. The summed E-state index contributed by atoms with van der Waals surface area (Å²) in [6.07, 6.45) is 1.72. The lowest BCUT2D eigenvalue weighted by molar-refractivity contribution is 0.102. The van der Waals surface area contributed by atoms with Gasteiger partial charge in [0.2, 0.25) is 0 Å². The quantitative estimate of drug-likeness (QED) is 0.726. The molecule has 2 N–H and O–H groups in total. The number of aryl methyl sites for hydroxylation is 1. The van der Waals surface area contributed by atoms with Crippen molar-refractivity contribution in [2.75, 3.05) is 36.4 Å². The number of amides is 1. The molecule has 1 saturated heterocycles. The number of nitrogens with one attached hydrogen (secondary N) is 2. The van der Waals surface area contributed by atoms with Crippen LogP contribution in [0.4, 0.5) is 15.9 Å². The first-order valence-electron chi connectivity index (χ1n) is 9.14. The van der Waals surface area contributed by atoms with Crippen LogP contribution in [0.2, 0.25) is 0 Å². The molecule has 1 fully saturated rings. The summed E-state index contributed by atoms with van der Waals surface area (Å²) >= 11 is 0. The first-order chi connectivity index (χ1) is 13.6. The minimum atomic E-state index is -0.312. The molecular formula is C20H21FN6O. The highest BCUT2D eigenvalue weighted by Gasteiger charge is 2.19. The molecule has 28 heavy (non-hydrogen) atoms. The van der Waals surface area contributed by atoms with Crippen LogP contribution in [0.15, 0.2) is 48.7 Å². The van der Waals surface area contributed by atoms with Gasteiger partial charge in [-0.3, -0.25) is 9.48 Å². The summed E-state index contributed by atoms with van der Waals surface area (Å²) in [6, 6.07) is 11.4. The summed E-state index contributed by atoms with van der Waals surface area (Å²) in [7, 11) is 1.76. The maximum Gasteiger partial charge on any atom is 0.276 e. The number of hydrogen-bond acceptors (Lipinski definition) is 5. The number of benzene rings is 1. The van der Waals surface area contributed by atoms with Gasteiger partial charge in [0.05, 0.1) is 11.4 Å². The van der Waals surface area contributed by atoms with Crippen molar-refractivity contribution in [1.82, 2.24) is 20.1 Å². The second-order valence-corrected chi connectivity index (χ2v) is 6.61. The van der Waals surface area contributed by atoms with Gasteiger partial charge in [-0.25, -0.2) is 9.37 Å². The monoisotopic (exact) mass is 380 g/mol. The van der Waals surface area contributed by atoms with Crippen LogP contribution in [0.5, 0.6) is 0 Å². The van der Waals surface area contributed by atoms with Crippen LogP contribution in [-0.2, 0) is 7.05 Å². The van der Waals surface area contributed by atoms with Crippen LogP contribution >= 0.6 is 0 Å². The average molecular weight is 380 g/mol. The summed E-state index contributed by atoms with van der Waals surface area (Å²) in [5.74, 6) is 0.140. The van der Waals surface area contributed by atoms with Gasteiger partial charge in [0.25, 0.3) is 5.91 Å². The van der Waals surface area contributed by atoms with Crippen LogP contribution in [-0.4, -0.2) is 46.9 Å². The Labute approximate surface area is 162 Å². The molecule has 0 unspecified atom stereocenters. The molecule has 0 bridgehead atoms. The van der Waals surface area contributed by atoms with Crippen LogP contribution < -0.4 is 15.5 Å². The number of hydrogen-bond donors (Lipinski definition) is 2. The van der Waals surface area contributed by atoms with E-state index in [1.54, 1.807) is 42.2 Å². The number of rotatable bonds is 4. The molecule has 8 heteroatoms. The molecule has 4 rings (SSSR count). The number of carbonyl (C=O) groups is 1. The molecule has 0 atom stereocenters. The molecule has 0 spiro atoms. The number of aromatic nitrogens is 3. The number of piperazine rings is 1. The van der Waals surface area contributed by atoms with Crippen LogP contribution in [0.3, 0.4) is 0 Å². The van der Waals surface area contributed by atoms with E-state index in [-0.39, 0.29) is 17.4 Å². The largest absolute Gasteiger partial charge is 0.352 e. The van der Waals surface area contributed by atoms with Gasteiger partial charge in [0.1, 0.15) is 5.82 Å². The normalized spacial score (nSPS) is 14.1. The number of carbonyl (C=O) groups excluding carboxylic acids is 1. The van der Waals surface area contributed by atoms with Crippen LogP contribution in [0.25, 0.3) is 11.3 Å². The van der Waals surface area contributed by atoms with Crippen LogP contribution in [0.1, 0.15) is 10.5 Å². The highest BCUT2D eigenvalue weighted by atomic mass is 19.1. The Kier molecular flexibility index (Phi) is 5.03. The Morgan fingerprint density at radius 3 is 2.68 bits per heavy atom. The molecule has 1 amide bonds. The first-order valence-corrected chi connectivity index (χ1v) is 9.14. The van der Waals surface area contributed by atoms with E-state index in [9.17, 15) is 9.18 Å². The molecule has 7 nitrogen and oxygen atoms in total. The number of nitrogens with zero attached hydrogens (tertiary/aromatic N) is 4. The second kappa shape index (κ2) is 7.77. The maximum atomic E-state index is 13.2. The molecule has 0 aliphatic carbocycles. The van der Waals surface area contributed by atoms with Gasteiger partial charge in [0, 0.05) is 39.4 Å². The molecule has 3 heterocycles. The van der Waals surface area contributed by atoms with E-state index in [0.29, 0.717) is 5.69 Å². The topological polar surface area (TPSA) is 75.1 Å². The van der Waals surface area contributed by atoms with Crippen molar-refractivity contribution < 1.29 is 9.18 Å². The third kappa shape index (κ3) is 3.72. The number of halogens is 1. The standard InChI is InChI=1S/C20H21FN6O/c1-26-18(14-4-6-15(21)7-5-14)13-17(25-26)20(28)24-16-3-2-8-23-19(16)27-11-9-22-10-12-27/h2-8,13,22H,9-12H2,1H3,(H,24,28). The predicted octanol–water partition coefficient (Wildman–Crippen LogP) is 2.28. The molecular weight excluding hydrogens is 359 g/mol. The van der Waals surface area contributed by atoms with Crippen molar-refractivity contribution in [2.45, 2.75) is 0 Å². The lowest BCUT2D eigenvalue weighted by Crippen LogP contribution is -2.44. The molecule has 144 valence electrons. The zero-order valence-corrected chi connectivity index (χ0v) is 15.5. The molecule has 0 radical (unpaired) electrons. The van der Waals surface area contributed by atoms with E-state index < -0.39 is 0 Å². The fourth-order valence-electron chi connectivity index (χ4n) is 3.28. The summed E-state index contributed by atoms with van der Waals surface area (Å²) in [6.45, 7) is 3.42. The molecule has 3 aromatic rings. The predicted molar refractivity (Wildman–Crippen MR) is 106 cm³/mol. The second-order valence-electron chi connectivity index (χ2n) is 6.61. The van der Waals surface area contributed by atoms with Crippen LogP contribution in [0, 0.1) is 5.82 Å². The van der Waals surface area contributed by atoms with E-state index in [2.05, 4.69) is 25.6 Å². The SMILES string of the molecule is Cn1nc(C(=O)Nc2cccnc2N2CCNCC2)cc1-c1ccc(F)cc1. The summed E-state index contributed by atoms with van der Waals surface area (Å²) in [4.78, 5) is 19.4. The number of anilines is 2. The van der Waals surface area contributed by atoms with Gasteiger partial charge in [-0.2, -0.15) is 5.10 Å². The van der Waals surface area contributed by atoms with Gasteiger partial charge in [-0.15, -0.1) is 0 Å². The molecule has 2 aromatic heterocycles. The molecule has 1 aliphatic rings. The lowest BCUT2D eigenvalue weighted by Gasteiger charge is -2.29. The zero-order valence-electron chi connectivity index (χ0n) is 15.5. The van der Waals surface area contributed by atoms with Gasteiger partial charge in [0.15, 0.2) is 11.5 Å². The minimum Gasteiger partial charge on any atom is -0.352 e. The van der Waals surface area contributed by atoms with Crippen molar-refractivity contribution in [2.24, 2.45) is 7.05 Å². The highest BCUT2D eigenvalue weighted by molar-refractivity contribution is 6.05. The van der Waals surface area contributed by atoms with E-state index in [1.165, 1.54) is 12.1 Å². The van der Waals surface area contributed by atoms with Gasteiger partial charge in [-0.05, 0) is 48.0 Å². The third-order valence-corrected chi connectivity index (χ3v) is 4.70. The van der Waals surface area contributed by atoms with E-state index in [0.717, 1.165) is 43.3 Å². The zero-order chi connectivity index (χ0) is 19.5. The minimum absolute atomic E-state index is 0.289. The third-order valence-electron chi connectivity index (χ3n) is 4.70. The van der Waals surface area contributed by atoms with Crippen molar-refractivity contribution in [1.29, 1.82) is 0 Å². The number of pyridine rings is 1. The highest BCUT2D eigenvalue weighted by Crippen LogP contribution is 2.25. The van der Waals surface area contributed by atoms with Gasteiger partial charge in [-0.1, -0.05) is 0 Å². The Morgan fingerprint density at radius 2 is 1.93 bits per heavy atom. The van der Waals surface area contributed by atoms with Crippen molar-refractivity contribution >= 4 is 17.4 Å². The molecule has 1 aliphatic heterocycles. The average Bonchev–Trinajstić information content (AvgIpc) is 3.11. The smallest absolute Gasteiger partial charge is 0.276 e. The van der Waals surface area contributed by atoms with E-state index in [1.807, 2.05) is 6.07 Å². The van der Waals surface area contributed by atoms with E-state index >= 15 is 0 Å². The first kappa shape index (κ1) is 18.1. The summed E-state index contributed by atoms with van der Waals surface area (Å²) < 4.78 is 14.8. The Hall–Kier alpha value is -3.26. The van der Waals surface area contributed by atoms with Crippen molar-refractivity contribution in [3.05, 3.63) is 60.2 Å². The lowest BCUT2D eigenvalue weighted by atomic mass is 10.1. The Morgan fingerprint density at radius 1 is 1.18 bits per heavy atom. The molecule has 1 aromatic carbocycles. The van der Waals surface area contributed by atoms with Crippen molar-refractivity contribution in [3.63, 3.8) is 0 Å². The molecule has 0 saturated carbocycles. The fourth-order valence-corrected chi connectivity index (χ4v) is 3.28. The Balaban J connectivity index is 1.56. The fraction of sp³-hybridized carbons (Fsp3) is 0.250. The van der Waals surface area contributed by atoms with Gasteiger partial charge >= 0.3 is 0 Å². The summed E-state index contributed by atoms with van der Waals surface area (Å²) in [5, 5.41) is 10.5. The van der Waals surface area contributed by atoms with Crippen molar-refractivity contribution in [3.8, 4) is 11.3 Å².